The molecule has 0 radical (unpaired) electrons. The second kappa shape index (κ2) is 5.44. The predicted molar refractivity (Wildman–Crippen MR) is 62.3 cm³/mol. The lowest BCUT2D eigenvalue weighted by molar-refractivity contribution is -0.137. The van der Waals surface area contributed by atoms with Crippen LogP contribution in [0.4, 0.5) is 0 Å². The number of carboxylic acid groups (broad SMARTS) is 1. The first-order valence-electron chi connectivity index (χ1n) is 5.34. The highest BCUT2D eigenvalue weighted by Gasteiger charge is 2.11. The molecule has 0 bridgehead atoms. The number of rotatable bonds is 5. The van der Waals surface area contributed by atoms with E-state index in [1.807, 2.05) is 0 Å². The van der Waals surface area contributed by atoms with Crippen LogP contribution in [0.5, 0.6) is 0 Å². The summed E-state index contributed by atoms with van der Waals surface area (Å²) in [6.07, 6.45) is 1.36. The lowest BCUT2D eigenvalue weighted by Crippen LogP contribution is -2.22. The van der Waals surface area contributed by atoms with Crippen molar-refractivity contribution in [2.45, 2.75) is 13.2 Å². The van der Waals surface area contributed by atoms with Crippen LogP contribution in [-0.2, 0) is 22.7 Å². The summed E-state index contributed by atoms with van der Waals surface area (Å²) < 4.78 is 10.9. The third-order valence-corrected chi connectivity index (χ3v) is 2.28. The molecule has 0 unspecified atom stereocenters. The highest BCUT2D eigenvalue weighted by molar-refractivity contribution is 5.66. The van der Waals surface area contributed by atoms with Gasteiger partial charge in [-0.1, -0.05) is 5.16 Å². The van der Waals surface area contributed by atoms with Crippen LogP contribution in [0, 0.1) is 0 Å². The molecule has 8 heteroatoms. The number of pyridine rings is 1. The van der Waals surface area contributed by atoms with Crippen LogP contribution in [0.15, 0.2) is 27.6 Å². The summed E-state index contributed by atoms with van der Waals surface area (Å²) in [6.45, 7) is -0.218. The van der Waals surface area contributed by atoms with E-state index in [4.69, 9.17) is 14.4 Å². The summed E-state index contributed by atoms with van der Waals surface area (Å²) in [5, 5.41) is 12.4. The summed E-state index contributed by atoms with van der Waals surface area (Å²) in [5.74, 6) is -0.537. The molecule has 2 heterocycles. The van der Waals surface area contributed by atoms with Gasteiger partial charge in [-0.25, -0.2) is 0 Å². The quantitative estimate of drug-likeness (QED) is 0.818. The fourth-order valence-electron chi connectivity index (χ4n) is 1.49. The maximum Gasteiger partial charge on any atom is 0.323 e. The minimum Gasteiger partial charge on any atom is -0.480 e. The normalized spacial score (nSPS) is 10.6. The fraction of sp³-hybridized carbons (Fsp3) is 0.273. The van der Waals surface area contributed by atoms with Crippen molar-refractivity contribution in [2.24, 2.45) is 0 Å². The number of hydrogen-bond acceptors (Lipinski definition) is 6. The van der Waals surface area contributed by atoms with Crippen molar-refractivity contribution in [3.63, 3.8) is 0 Å². The average molecular weight is 265 g/mol. The van der Waals surface area contributed by atoms with Crippen molar-refractivity contribution in [3.05, 3.63) is 34.5 Å². The molecule has 19 heavy (non-hydrogen) atoms. The van der Waals surface area contributed by atoms with Crippen LogP contribution in [0.2, 0.25) is 0 Å². The molecule has 0 saturated heterocycles. The molecule has 2 rings (SSSR count). The zero-order chi connectivity index (χ0) is 13.8. The van der Waals surface area contributed by atoms with Crippen molar-refractivity contribution < 1.29 is 19.2 Å². The minimum absolute atomic E-state index is 0.200. The Morgan fingerprint density at radius 1 is 1.53 bits per heavy atom. The number of carbonyl (C=O) groups is 1. The molecule has 1 N–H and O–H groups in total. The molecule has 0 saturated carbocycles. The van der Waals surface area contributed by atoms with Gasteiger partial charge in [0.25, 0.3) is 11.4 Å². The van der Waals surface area contributed by atoms with Gasteiger partial charge in [-0.3, -0.25) is 9.59 Å². The van der Waals surface area contributed by atoms with Gasteiger partial charge in [-0.2, -0.15) is 4.98 Å². The van der Waals surface area contributed by atoms with Crippen LogP contribution >= 0.6 is 0 Å². The molecule has 8 nitrogen and oxygen atoms in total. The fourth-order valence-corrected chi connectivity index (χ4v) is 1.49. The van der Waals surface area contributed by atoms with E-state index in [9.17, 15) is 9.59 Å². The Morgan fingerprint density at radius 3 is 3.00 bits per heavy atom. The van der Waals surface area contributed by atoms with Crippen LogP contribution in [0.1, 0.15) is 5.82 Å². The number of hydrogen-bond donors (Lipinski definition) is 1. The molecular formula is C11H11N3O5. The Hall–Kier alpha value is -2.48. The number of nitrogens with zero attached hydrogens (tertiary/aromatic N) is 3. The predicted octanol–water partition coefficient (Wildman–Crippen LogP) is 0.129. The Labute approximate surface area is 107 Å². The number of aliphatic carboxylic acids is 1. The minimum atomic E-state index is -1.11. The summed E-state index contributed by atoms with van der Waals surface area (Å²) in [7, 11) is 1.50. The zero-order valence-corrected chi connectivity index (χ0v) is 10.1. The molecule has 0 atom stereocenters. The first-order chi connectivity index (χ1) is 9.10. The second-order valence-electron chi connectivity index (χ2n) is 3.73. The first kappa shape index (κ1) is 13.0. The van der Waals surface area contributed by atoms with Gasteiger partial charge in [-0.15, -0.1) is 0 Å². The number of methoxy groups -OCH3 is 1. The Kier molecular flexibility index (Phi) is 3.71. The lowest BCUT2D eigenvalue weighted by atomic mass is 10.3. The van der Waals surface area contributed by atoms with Crippen molar-refractivity contribution in [3.8, 4) is 11.5 Å². The van der Waals surface area contributed by atoms with Gasteiger partial charge in [0.2, 0.25) is 0 Å². The van der Waals surface area contributed by atoms with Crippen molar-refractivity contribution in [1.29, 1.82) is 0 Å². The van der Waals surface area contributed by atoms with E-state index in [0.29, 0.717) is 11.4 Å². The van der Waals surface area contributed by atoms with Gasteiger partial charge in [0, 0.05) is 19.4 Å². The first-order valence-corrected chi connectivity index (χ1v) is 5.34. The molecule has 100 valence electrons. The molecular weight excluding hydrogens is 254 g/mol. The van der Waals surface area contributed by atoms with E-state index < -0.39 is 18.1 Å². The molecule has 2 aromatic rings. The number of ether oxygens (including phenoxy) is 1. The largest absolute Gasteiger partial charge is 0.480 e. The SMILES string of the molecule is COCc1noc(-c2ccc(=O)n(CC(=O)O)c2)n1. The second-order valence-corrected chi connectivity index (χ2v) is 3.73. The number of aromatic nitrogens is 3. The molecule has 0 aliphatic heterocycles. The van der Waals surface area contributed by atoms with E-state index in [0.717, 1.165) is 4.57 Å². The number of carboxylic acids is 1. The molecule has 0 amide bonds. The van der Waals surface area contributed by atoms with Crippen LogP contribution in [0.25, 0.3) is 11.5 Å². The van der Waals surface area contributed by atoms with Gasteiger partial charge in [0.15, 0.2) is 5.82 Å². The standard InChI is InChI=1S/C11H11N3O5/c1-18-6-8-12-11(19-13-8)7-2-3-9(15)14(4-7)5-10(16)17/h2-4H,5-6H2,1H3,(H,16,17). The highest BCUT2D eigenvalue weighted by atomic mass is 16.5. The molecule has 0 spiro atoms. The van der Waals surface area contributed by atoms with Gasteiger partial charge in [0.05, 0.1) is 5.56 Å². The van der Waals surface area contributed by atoms with Gasteiger partial charge in [0.1, 0.15) is 13.2 Å². The van der Waals surface area contributed by atoms with E-state index in [-0.39, 0.29) is 12.5 Å². The maximum absolute atomic E-state index is 11.5. The van der Waals surface area contributed by atoms with E-state index >= 15 is 0 Å². The van der Waals surface area contributed by atoms with Gasteiger partial charge < -0.3 is 18.9 Å². The van der Waals surface area contributed by atoms with Crippen molar-refractivity contribution >= 4 is 5.97 Å². The van der Waals surface area contributed by atoms with E-state index in [1.165, 1.54) is 25.4 Å². The smallest absolute Gasteiger partial charge is 0.323 e. The molecule has 0 aromatic carbocycles. The summed E-state index contributed by atoms with van der Waals surface area (Å²) in [6, 6.07) is 2.74. The van der Waals surface area contributed by atoms with Crippen LogP contribution in [0.3, 0.4) is 0 Å². The van der Waals surface area contributed by atoms with E-state index in [1.54, 1.807) is 0 Å². The maximum atomic E-state index is 11.5. The van der Waals surface area contributed by atoms with Gasteiger partial charge >= 0.3 is 5.97 Å². The molecule has 0 fully saturated rings. The molecule has 0 aliphatic rings. The van der Waals surface area contributed by atoms with Crippen LogP contribution < -0.4 is 5.56 Å². The Balaban J connectivity index is 2.33. The van der Waals surface area contributed by atoms with Crippen molar-refractivity contribution in [1.82, 2.24) is 14.7 Å². The third-order valence-electron chi connectivity index (χ3n) is 2.28. The van der Waals surface area contributed by atoms with E-state index in [2.05, 4.69) is 10.1 Å². The van der Waals surface area contributed by atoms with Crippen LogP contribution in [-0.4, -0.2) is 32.9 Å². The summed E-state index contributed by atoms with van der Waals surface area (Å²) in [4.78, 5) is 26.1. The topological polar surface area (TPSA) is 107 Å². The zero-order valence-electron chi connectivity index (χ0n) is 10.1. The van der Waals surface area contributed by atoms with Crippen molar-refractivity contribution in [2.75, 3.05) is 7.11 Å². The highest BCUT2D eigenvalue weighted by Crippen LogP contribution is 2.15. The summed E-state index contributed by atoms with van der Waals surface area (Å²) >= 11 is 0. The molecule has 2 aromatic heterocycles. The summed E-state index contributed by atoms with van der Waals surface area (Å²) in [5.41, 5.74) is 0.0542. The average Bonchev–Trinajstić information content (AvgIpc) is 2.80. The Morgan fingerprint density at radius 2 is 2.32 bits per heavy atom. The lowest BCUT2D eigenvalue weighted by Gasteiger charge is -2.02. The third kappa shape index (κ3) is 3.05. The molecule has 0 aliphatic carbocycles. The monoisotopic (exact) mass is 265 g/mol. The van der Waals surface area contributed by atoms with Gasteiger partial charge in [-0.05, 0) is 6.07 Å². The Bertz CT molecular complexity index is 646.